The molecule has 9 heteroatoms. The van der Waals surface area contributed by atoms with Crippen molar-refractivity contribution in [2.24, 2.45) is 5.92 Å². The van der Waals surface area contributed by atoms with E-state index in [4.69, 9.17) is 15.2 Å². The van der Waals surface area contributed by atoms with Gasteiger partial charge in [-0.05, 0) is 73.9 Å². The molecule has 1 saturated heterocycles. The first-order valence-corrected chi connectivity index (χ1v) is 11.8. The predicted molar refractivity (Wildman–Crippen MR) is 131 cm³/mol. The molecule has 0 atom stereocenters. The average molecular weight is 478 g/mol. The predicted octanol–water partition coefficient (Wildman–Crippen LogP) is 4.35. The van der Waals surface area contributed by atoms with Crippen molar-refractivity contribution in [2.45, 2.75) is 39.2 Å². The second kappa shape index (κ2) is 9.87. The van der Waals surface area contributed by atoms with Crippen LogP contribution in [0.3, 0.4) is 0 Å². The Labute approximate surface area is 201 Å². The van der Waals surface area contributed by atoms with Crippen LogP contribution in [0.5, 0.6) is 11.5 Å². The molecule has 4 aromatic rings. The van der Waals surface area contributed by atoms with Gasteiger partial charge >= 0.3 is 5.69 Å². The Morgan fingerprint density at radius 2 is 1.89 bits per heavy atom. The fourth-order valence-electron chi connectivity index (χ4n) is 4.48. The highest BCUT2D eigenvalue weighted by Crippen LogP contribution is 2.27. The summed E-state index contributed by atoms with van der Waals surface area (Å²) in [6.07, 6.45) is 4.42. The monoisotopic (exact) mass is 477 g/mol. The summed E-state index contributed by atoms with van der Waals surface area (Å²) in [6, 6.07) is 12.4. The number of H-pyrrole nitrogens is 1. The fraction of sp³-hybridized carbons (Fsp3) is 0.346. The number of nitrogens with two attached hydrogens (primary N) is 1. The highest BCUT2D eigenvalue weighted by atomic mass is 19.1. The van der Waals surface area contributed by atoms with E-state index in [1.807, 2.05) is 24.3 Å². The minimum absolute atomic E-state index is 0.123. The molecule has 0 bridgehead atoms. The number of aryl methyl sites for hydroxylation is 2. The number of aromatic nitrogens is 4. The molecule has 0 aliphatic carbocycles. The number of rotatable bonds is 7. The molecule has 0 unspecified atom stereocenters. The van der Waals surface area contributed by atoms with Crippen LogP contribution >= 0.6 is 0 Å². The zero-order chi connectivity index (χ0) is 24.4. The maximum absolute atomic E-state index is 14.8. The van der Waals surface area contributed by atoms with E-state index in [-0.39, 0.29) is 23.8 Å². The van der Waals surface area contributed by atoms with Crippen LogP contribution in [0.25, 0.3) is 11.2 Å². The summed E-state index contributed by atoms with van der Waals surface area (Å²) in [6.45, 7) is 3.56. The van der Waals surface area contributed by atoms with Gasteiger partial charge < -0.3 is 20.2 Å². The number of ether oxygens (including phenoxy) is 2. The molecule has 1 aliphatic rings. The van der Waals surface area contributed by atoms with Crippen LogP contribution in [-0.2, 0) is 17.7 Å². The van der Waals surface area contributed by atoms with Gasteiger partial charge in [0.2, 0.25) is 0 Å². The minimum atomic E-state index is -0.510. The second-order valence-corrected chi connectivity index (χ2v) is 8.98. The van der Waals surface area contributed by atoms with Gasteiger partial charge in [0.15, 0.2) is 23.0 Å². The highest BCUT2D eigenvalue weighted by molar-refractivity contribution is 5.81. The number of fused-ring (bicyclic) bond motifs is 1. The molecule has 2 aromatic heterocycles. The summed E-state index contributed by atoms with van der Waals surface area (Å²) >= 11 is 0. The van der Waals surface area contributed by atoms with Crippen molar-refractivity contribution >= 4 is 17.0 Å². The number of hydrogen-bond donors (Lipinski definition) is 2. The quantitative estimate of drug-likeness (QED) is 0.410. The molecule has 0 amide bonds. The molecule has 35 heavy (non-hydrogen) atoms. The molecule has 5 rings (SSSR count). The van der Waals surface area contributed by atoms with E-state index in [0.29, 0.717) is 28.3 Å². The van der Waals surface area contributed by atoms with Crippen LogP contribution < -0.4 is 16.2 Å². The van der Waals surface area contributed by atoms with Crippen molar-refractivity contribution in [3.05, 3.63) is 75.7 Å². The number of nitrogens with zero attached hydrogens (tertiary/aromatic N) is 3. The first-order chi connectivity index (χ1) is 17.0. The van der Waals surface area contributed by atoms with E-state index in [1.54, 1.807) is 19.1 Å². The smallest absolute Gasteiger partial charge is 0.328 e. The molecule has 0 saturated carbocycles. The maximum Gasteiger partial charge on any atom is 0.328 e. The zero-order valence-corrected chi connectivity index (χ0v) is 19.6. The third-order valence-corrected chi connectivity index (χ3v) is 6.43. The largest absolute Gasteiger partial charge is 0.454 e. The average Bonchev–Trinajstić information content (AvgIpc) is 3.16. The SMILES string of the molecule is Cc1nc(N)c2[nH]c(=O)n(Cc3ccc(Oc4ccc(CCC5CCOCC5)cc4)c(F)c3)c2n1. The minimum Gasteiger partial charge on any atom is -0.454 e. The molecule has 1 aliphatic heterocycles. The van der Waals surface area contributed by atoms with E-state index >= 15 is 0 Å². The van der Waals surface area contributed by atoms with Crippen molar-refractivity contribution in [3.8, 4) is 11.5 Å². The van der Waals surface area contributed by atoms with Crippen molar-refractivity contribution in [2.75, 3.05) is 18.9 Å². The molecule has 3 N–H and O–H groups in total. The number of anilines is 1. The van der Waals surface area contributed by atoms with Gasteiger partial charge in [-0.25, -0.2) is 19.2 Å². The van der Waals surface area contributed by atoms with Gasteiger partial charge in [0, 0.05) is 13.2 Å². The Kier molecular flexibility index (Phi) is 6.50. The van der Waals surface area contributed by atoms with Crippen molar-refractivity contribution in [1.82, 2.24) is 19.5 Å². The van der Waals surface area contributed by atoms with E-state index in [0.717, 1.165) is 44.8 Å². The second-order valence-electron chi connectivity index (χ2n) is 8.98. The normalized spacial score (nSPS) is 14.5. The van der Waals surface area contributed by atoms with Crippen LogP contribution in [0.2, 0.25) is 0 Å². The number of imidazole rings is 1. The summed E-state index contributed by atoms with van der Waals surface area (Å²) in [5, 5.41) is 0. The van der Waals surface area contributed by atoms with Gasteiger partial charge in [-0.15, -0.1) is 0 Å². The van der Waals surface area contributed by atoms with E-state index in [9.17, 15) is 9.18 Å². The van der Waals surface area contributed by atoms with E-state index < -0.39 is 5.82 Å². The number of benzene rings is 2. The van der Waals surface area contributed by atoms with Crippen LogP contribution in [0.1, 0.15) is 36.2 Å². The van der Waals surface area contributed by atoms with Gasteiger partial charge in [0.05, 0.1) is 6.54 Å². The summed E-state index contributed by atoms with van der Waals surface area (Å²) in [4.78, 5) is 23.5. The Morgan fingerprint density at radius 3 is 2.63 bits per heavy atom. The lowest BCUT2D eigenvalue weighted by Gasteiger charge is -2.21. The molecular weight excluding hydrogens is 449 g/mol. The van der Waals surface area contributed by atoms with Crippen LogP contribution in [0.15, 0.2) is 47.3 Å². The molecule has 0 spiro atoms. The van der Waals surface area contributed by atoms with Crippen LogP contribution in [0.4, 0.5) is 10.2 Å². The van der Waals surface area contributed by atoms with Gasteiger partial charge in [0.25, 0.3) is 0 Å². The van der Waals surface area contributed by atoms with Crippen molar-refractivity contribution < 1.29 is 13.9 Å². The molecule has 8 nitrogen and oxygen atoms in total. The number of nitrogen functional groups attached to an aromatic ring is 1. The highest BCUT2D eigenvalue weighted by Gasteiger charge is 2.15. The Morgan fingerprint density at radius 1 is 1.14 bits per heavy atom. The fourth-order valence-corrected chi connectivity index (χ4v) is 4.48. The molecule has 1 fully saturated rings. The van der Waals surface area contributed by atoms with Gasteiger partial charge in [0.1, 0.15) is 17.1 Å². The summed E-state index contributed by atoms with van der Waals surface area (Å²) in [7, 11) is 0. The van der Waals surface area contributed by atoms with Crippen molar-refractivity contribution in [1.29, 1.82) is 0 Å². The van der Waals surface area contributed by atoms with Gasteiger partial charge in [-0.2, -0.15) is 0 Å². The molecule has 2 aromatic carbocycles. The summed E-state index contributed by atoms with van der Waals surface area (Å²) < 4.78 is 27.4. The summed E-state index contributed by atoms with van der Waals surface area (Å²) in [5.41, 5.74) is 8.10. The molecule has 0 radical (unpaired) electrons. The van der Waals surface area contributed by atoms with E-state index in [2.05, 4.69) is 15.0 Å². The topological polar surface area (TPSA) is 108 Å². The Bertz CT molecular complexity index is 1390. The first-order valence-electron chi connectivity index (χ1n) is 11.8. The molecule has 182 valence electrons. The molecule has 3 heterocycles. The maximum atomic E-state index is 14.8. The third kappa shape index (κ3) is 5.19. The number of nitrogens with one attached hydrogen (secondary N) is 1. The number of halogens is 1. The van der Waals surface area contributed by atoms with Crippen molar-refractivity contribution in [3.63, 3.8) is 0 Å². The Balaban J connectivity index is 1.25. The lowest BCUT2D eigenvalue weighted by Crippen LogP contribution is -2.18. The first kappa shape index (κ1) is 23.0. The Hall–Kier alpha value is -3.72. The van der Waals surface area contributed by atoms with Crippen LogP contribution in [-0.4, -0.2) is 32.7 Å². The lowest BCUT2D eigenvalue weighted by molar-refractivity contribution is 0.0640. The van der Waals surface area contributed by atoms with Gasteiger partial charge in [-0.3, -0.25) is 4.57 Å². The molecular formula is C26H28FN5O3. The zero-order valence-electron chi connectivity index (χ0n) is 19.6. The standard InChI is InChI=1S/C26H28FN5O3/c1-16-29-24(28)23-25(30-16)32(26(33)31-23)15-19-6-9-22(21(27)14-19)35-20-7-4-17(5-8-20)2-3-18-10-12-34-13-11-18/h4-9,14,18H,2-3,10-13,15H2,1H3,(H,31,33)(H2,28,29,30). The van der Waals surface area contributed by atoms with Gasteiger partial charge in [-0.1, -0.05) is 18.2 Å². The number of hydrogen-bond acceptors (Lipinski definition) is 6. The number of aromatic amines is 1. The van der Waals surface area contributed by atoms with E-state index in [1.165, 1.54) is 16.2 Å². The van der Waals surface area contributed by atoms with Crippen LogP contribution in [0, 0.1) is 18.7 Å². The lowest BCUT2D eigenvalue weighted by atomic mass is 9.93. The third-order valence-electron chi connectivity index (χ3n) is 6.43. The summed E-state index contributed by atoms with van der Waals surface area (Å²) in [5.74, 6) is 1.56.